The topological polar surface area (TPSA) is 66.5 Å². The van der Waals surface area contributed by atoms with Crippen molar-refractivity contribution >= 4 is 27.4 Å². The van der Waals surface area contributed by atoms with E-state index in [0.717, 1.165) is 49.9 Å². The Hall–Kier alpha value is -2.99. The van der Waals surface area contributed by atoms with Gasteiger partial charge in [-0.1, -0.05) is 34.1 Å². The minimum Gasteiger partial charge on any atom is -0.338 e. The molecule has 5 nitrogen and oxygen atoms in total. The van der Waals surface area contributed by atoms with Crippen LogP contribution < -0.4 is 5.32 Å². The van der Waals surface area contributed by atoms with Gasteiger partial charge in [-0.2, -0.15) is 0 Å². The summed E-state index contributed by atoms with van der Waals surface area (Å²) in [4.78, 5) is 17.1. The van der Waals surface area contributed by atoms with E-state index >= 15 is 0 Å². The molecule has 0 atom stereocenters. The number of hydrogen-bond donors (Lipinski definition) is 2. The van der Waals surface area contributed by atoms with Gasteiger partial charge in [0.1, 0.15) is 17.3 Å². The number of imidazole rings is 1. The Morgan fingerprint density at radius 2 is 1.76 bits per heavy atom. The maximum atomic E-state index is 4.90. The van der Waals surface area contributed by atoms with E-state index in [1.54, 1.807) is 12.4 Å². The first-order chi connectivity index (χ1) is 12.3. The quantitative estimate of drug-likeness (QED) is 0.422. The smallest absolute Gasteiger partial charge is 0.139 e. The third-order valence-electron chi connectivity index (χ3n) is 4.24. The fourth-order valence-electron chi connectivity index (χ4n) is 3.08. The molecule has 2 N–H and O–H groups in total. The van der Waals surface area contributed by atoms with Crippen LogP contribution in [0.5, 0.6) is 0 Å². The van der Waals surface area contributed by atoms with Crippen molar-refractivity contribution in [3.05, 3.63) is 65.5 Å². The second kappa shape index (κ2) is 5.53. The normalized spacial score (nSPS) is 11.7. The zero-order valence-corrected chi connectivity index (χ0v) is 14.6. The number of fused-ring (bicyclic) bond motifs is 5. The third-order valence-corrected chi connectivity index (χ3v) is 4.93. The van der Waals surface area contributed by atoms with E-state index in [-0.39, 0.29) is 0 Å². The second-order valence-corrected chi connectivity index (χ2v) is 6.59. The number of aromatic nitrogens is 4. The molecular formula is C19H12BrN5. The average Bonchev–Trinajstić information content (AvgIpc) is 3.03. The van der Waals surface area contributed by atoms with Crippen LogP contribution in [-0.2, 0) is 0 Å². The molecule has 0 aliphatic carbocycles. The summed E-state index contributed by atoms with van der Waals surface area (Å²) in [5.74, 6) is 1.60. The van der Waals surface area contributed by atoms with Gasteiger partial charge < -0.3 is 10.3 Å². The van der Waals surface area contributed by atoms with E-state index in [4.69, 9.17) is 4.98 Å². The number of H-pyrrole nitrogens is 1. The molecule has 1 aromatic carbocycles. The zero-order chi connectivity index (χ0) is 16.8. The molecule has 0 amide bonds. The zero-order valence-electron chi connectivity index (χ0n) is 13.0. The highest BCUT2D eigenvalue weighted by atomic mass is 79.9. The summed E-state index contributed by atoms with van der Waals surface area (Å²) < 4.78 is 0.999. The van der Waals surface area contributed by atoms with Gasteiger partial charge in [-0.3, -0.25) is 4.98 Å². The molecule has 1 aliphatic rings. The number of nitrogens with zero attached hydrogens (tertiary/aromatic N) is 3. The van der Waals surface area contributed by atoms with Crippen molar-refractivity contribution in [2.24, 2.45) is 0 Å². The SMILES string of the molecule is Brc1ccccc1-c1nc2c([nH]1)-c1ccncc1Nc1ncccc1-2. The van der Waals surface area contributed by atoms with Gasteiger partial charge in [-0.15, -0.1) is 0 Å². The summed E-state index contributed by atoms with van der Waals surface area (Å²) >= 11 is 3.61. The highest BCUT2D eigenvalue weighted by Gasteiger charge is 2.24. The Morgan fingerprint density at radius 1 is 0.880 bits per heavy atom. The van der Waals surface area contributed by atoms with Crippen LogP contribution in [0.2, 0.25) is 0 Å². The second-order valence-electron chi connectivity index (χ2n) is 5.73. The molecule has 4 aromatic rings. The molecule has 5 rings (SSSR count). The van der Waals surface area contributed by atoms with Crippen molar-refractivity contribution in [1.29, 1.82) is 0 Å². The van der Waals surface area contributed by atoms with Gasteiger partial charge >= 0.3 is 0 Å². The van der Waals surface area contributed by atoms with Crippen molar-refractivity contribution < 1.29 is 0 Å². The Balaban J connectivity index is 1.82. The molecule has 0 fully saturated rings. The number of rotatable bonds is 1. The van der Waals surface area contributed by atoms with E-state index in [0.29, 0.717) is 0 Å². The number of benzene rings is 1. The van der Waals surface area contributed by atoms with Crippen LogP contribution in [0, 0.1) is 0 Å². The molecule has 0 spiro atoms. The van der Waals surface area contributed by atoms with Crippen LogP contribution >= 0.6 is 15.9 Å². The third kappa shape index (κ3) is 2.26. The van der Waals surface area contributed by atoms with Crippen LogP contribution in [0.25, 0.3) is 33.9 Å². The van der Waals surface area contributed by atoms with Gasteiger partial charge in [0.15, 0.2) is 0 Å². The van der Waals surface area contributed by atoms with Crippen molar-refractivity contribution in [2.75, 3.05) is 5.32 Å². The van der Waals surface area contributed by atoms with E-state index in [9.17, 15) is 0 Å². The maximum absolute atomic E-state index is 4.90. The molecule has 0 saturated carbocycles. The molecular weight excluding hydrogens is 378 g/mol. The minimum atomic E-state index is 0.778. The lowest BCUT2D eigenvalue weighted by Crippen LogP contribution is -1.95. The first kappa shape index (κ1) is 14.4. The number of hydrogen-bond acceptors (Lipinski definition) is 4. The van der Waals surface area contributed by atoms with Gasteiger partial charge in [-0.25, -0.2) is 9.97 Å². The molecule has 25 heavy (non-hydrogen) atoms. The molecule has 4 heterocycles. The molecule has 3 aromatic heterocycles. The number of pyridine rings is 2. The van der Waals surface area contributed by atoms with Crippen LogP contribution in [-0.4, -0.2) is 19.9 Å². The molecule has 0 saturated heterocycles. The Labute approximate surface area is 152 Å². The summed E-state index contributed by atoms with van der Waals surface area (Å²) in [6, 6.07) is 14.0. The highest BCUT2D eigenvalue weighted by molar-refractivity contribution is 9.10. The Morgan fingerprint density at radius 3 is 2.68 bits per heavy atom. The van der Waals surface area contributed by atoms with Crippen LogP contribution in [0.15, 0.2) is 65.5 Å². The molecule has 6 heteroatoms. The van der Waals surface area contributed by atoms with E-state index in [1.165, 1.54) is 0 Å². The standard InChI is InChI=1S/C19H12BrN5/c20-14-6-2-1-4-11(14)19-24-16-12-7-9-21-10-15(12)23-18-13(17(16)25-19)5-3-8-22-18/h1-10H,(H,22,23)(H,24,25). The fourth-order valence-corrected chi connectivity index (χ4v) is 3.55. The first-order valence-corrected chi connectivity index (χ1v) is 8.62. The summed E-state index contributed by atoms with van der Waals surface area (Å²) in [7, 11) is 0. The summed E-state index contributed by atoms with van der Waals surface area (Å²) in [6.45, 7) is 0. The molecule has 0 unspecified atom stereocenters. The number of halogens is 1. The van der Waals surface area contributed by atoms with Crippen LogP contribution in [0.4, 0.5) is 11.5 Å². The van der Waals surface area contributed by atoms with Crippen molar-refractivity contribution in [1.82, 2.24) is 19.9 Å². The van der Waals surface area contributed by atoms with Gasteiger partial charge in [-0.05, 0) is 24.3 Å². The first-order valence-electron chi connectivity index (χ1n) is 7.83. The lowest BCUT2D eigenvalue weighted by Gasteiger charge is -2.08. The molecule has 1 aliphatic heterocycles. The van der Waals surface area contributed by atoms with E-state index < -0.39 is 0 Å². The van der Waals surface area contributed by atoms with Crippen molar-refractivity contribution in [3.63, 3.8) is 0 Å². The Bertz CT molecular complexity index is 1040. The lowest BCUT2D eigenvalue weighted by molar-refractivity contribution is 1.26. The predicted octanol–water partition coefficient (Wildman–Crippen LogP) is 5.02. The summed E-state index contributed by atoms with van der Waals surface area (Å²) in [5, 5.41) is 3.36. The van der Waals surface area contributed by atoms with Gasteiger partial charge in [0, 0.05) is 33.6 Å². The monoisotopic (exact) mass is 389 g/mol. The minimum absolute atomic E-state index is 0.778. The van der Waals surface area contributed by atoms with Gasteiger partial charge in [0.05, 0.1) is 17.6 Å². The summed E-state index contributed by atoms with van der Waals surface area (Å²) in [6.07, 6.45) is 5.36. The fraction of sp³-hybridized carbons (Fsp3) is 0. The van der Waals surface area contributed by atoms with Crippen molar-refractivity contribution in [2.45, 2.75) is 0 Å². The maximum Gasteiger partial charge on any atom is 0.139 e. The van der Waals surface area contributed by atoms with Gasteiger partial charge in [0.2, 0.25) is 0 Å². The number of nitrogens with one attached hydrogen (secondary N) is 2. The number of anilines is 2. The number of aromatic amines is 1. The molecule has 120 valence electrons. The highest BCUT2D eigenvalue weighted by Crippen LogP contribution is 2.43. The van der Waals surface area contributed by atoms with Crippen molar-refractivity contribution in [3.8, 4) is 33.9 Å². The van der Waals surface area contributed by atoms with Gasteiger partial charge in [0.25, 0.3) is 0 Å². The largest absolute Gasteiger partial charge is 0.338 e. The predicted molar refractivity (Wildman–Crippen MR) is 101 cm³/mol. The van der Waals surface area contributed by atoms with Crippen LogP contribution in [0.3, 0.4) is 0 Å². The molecule has 0 radical (unpaired) electrons. The van der Waals surface area contributed by atoms with E-state index in [2.05, 4.69) is 36.2 Å². The summed E-state index contributed by atoms with van der Waals surface area (Å²) in [5.41, 5.74) is 5.75. The van der Waals surface area contributed by atoms with E-state index in [1.807, 2.05) is 48.7 Å². The van der Waals surface area contributed by atoms with Crippen LogP contribution in [0.1, 0.15) is 0 Å². The lowest BCUT2D eigenvalue weighted by atomic mass is 10.1. The average molecular weight is 390 g/mol. The molecule has 0 bridgehead atoms. The Kier molecular flexibility index (Phi) is 3.18.